The highest BCUT2D eigenvalue weighted by molar-refractivity contribution is 6.31. The minimum atomic E-state index is -0.338. The van der Waals surface area contributed by atoms with Gasteiger partial charge in [-0.3, -0.25) is 4.79 Å². The fraction of sp³-hybridized carbons (Fsp3) is 0.120. The molecule has 0 unspecified atom stereocenters. The summed E-state index contributed by atoms with van der Waals surface area (Å²) in [4.78, 5) is 13.3. The Morgan fingerprint density at radius 2 is 1.72 bits per heavy atom. The third kappa shape index (κ3) is 4.31. The molecule has 1 N–H and O–H groups in total. The first kappa shape index (κ1) is 21.5. The van der Waals surface area contributed by atoms with Crippen LogP contribution >= 0.6 is 11.6 Å². The van der Waals surface area contributed by atoms with Gasteiger partial charge in [0.25, 0.3) is 5.91 Å². The van der Waals surface area contributed by atoms with E-state index in [1.807, 2.05) is 61.7 Å². The van der Waals surface area contributed by atoms with Gasteiger partial charge in [-0.25, -0.2) is 4.68 Å². The third-order valence-corrected chi connectivity index (χ3v) is 5.33. The Balaban J connectivity index is 1.81. The van der Waals surface area contributed by atoms with Gasteiger partial charge in [0.2, 0.25) is 0 Å². The molecule has 0 radical (unpaired) electrons. The SMILES string of the molecule is COc1ccc(-c2cn(-c3ccccc3)nc2C(=O)Nc2cc(Cl)ccc2C)cc1OC. The lowest BCUT2D eigenvalue weighted by Crippen LogP contribution is -2.15. The number of hydrogen-bond acceptors (Lipinski definition) is 4. The molecule has 0 atom stereocenters. The standard InChI is InChI=1S/C25H22ClN3O3/c1-16-9-11-18(26)14-21(16)27-25(30)24-20(15-29(28-24)19-7-5-4-6-8-19)17-10-12-22(31-2)23(13-17)32-3/h4-15H,1-3H3,(H,27,30). The molecule has 0 saturated carbocycles. The molecule has 1 amide bonds. The van der Waals surface area contributed by atoms with Crippen LogP contribution < -0.4 is 14.8 Å². The van der Waals surface area contributed by atoms with Crippen molar-refractivity contribution in [2.75, 3.05) is 19.5 Å². The van der Waals surface area contributed by atoms with E-state index in [9.17, 15) is 4.79 Å². The lowest BCUT2D eigenvalue weighted by Gasteiger charge is -2.11. The van der Waals surface area contributed by atoms with Crippen molar-refractivity contribution in [3.05, 3.63) is 89.2 Å². The van der Waals surface area contributed by atoms with Crippen molar-refractivity contribution in [3.63, 3.8) is 0 Å². The van der Waals surface area contributed by atoms with Crippen LogP contribution in [0.15, 0.2) is 72.9 Å². The van der Waals surface area contributed by atoms with Crippen molar-refractivity contribution in [3.8, 4) is 28.3 Å². The first-order valence-corrected chi connectivity index (χ1v) is 10.3. The molecule has 32 heavy (non-hydrogen) atoms. The van der Waals surface area contributed by atoms with E-state index in [-0.39, 0.29) is 11.6 Å². The second kappa shape index (κ2) is 9.16. The van der Waals surface area contributed by atoms with Gasteiger partial charge < -0.3 is 14.8 Å². The van der Waals surface area contributed by atoms with Gasteiger partial charge in [-0.2, -0.15) is 5.10 Å². The molecule has 0 saturated heterocycles. The second-order valence-electron chi connectivity index (χ2n) is 7.15. The topological polar surface area (TPSA) is 65.4 Å². The second-order valence-corrected chi connectivity index (χ2v) is 7.59. The maximum absolute atomic E-state index is 13.3. The molecule has 3 aromatic carbocycles. The van der Waals surface area contributed by atoms with Gasteiger partial charge in [-0.1, -0.05) is 41.9 Å². The van der Waals surface area contributed by atoms with Gasteiger partial charge in [0.05, 0.1) is 19.9 Å². The molecule has 0 aliphatic rings. The average molecular weight is 448 g/mol. The summed E-state index contributed by atoms with van der Waals surface area (Å²) in [5, 5.41) is 8.08. The van der Waals surface area contributed by atoms with Crippen LogP contribution in [-0.4, -0.2) is 29.9 Å². The molecule has 0 aliphatic heterocycles. The minimum absolute atomic E-state index is 0.278. The minimum Gasteiger partial charge on any atom is -0.493 e. The zero-order valence-corrected chi connectivity index (χ0v) is 18.7. The van der Waals surface area contributed by atoms with E-state index in [1.54, 1.807) is 37.1 Å². The molecule has 4 rings (SSSR count). The number of methoxy groups -OCH3 is 2. The smallest absolute Gasteiger partial charge is 0.276 e. The maximum Gasteiger partial charge on any atom is 0.276 e. The Kier molecular flexibility index (Phi) is 6.14. The third-order valence-electron chi connectivity index (χ3n) is 5.09. The molecule has 1 aromatic heterocycles. The van der Waals surface area contributed by atoms with E-state index >= 15 is 0 Å². The summed E-state index contributed by atoms with van der Waals surface area (Å²) in [5.41, 5.74) is 4.09. The summed E-state index contributed by atoms with van der Waals surface area (Å²) in [6, 6.07) is 20.5. The van der Waals surface area contributed by atoms with Crippen LogP contribution in [0.5, 0.6) is 11.5 Å². The molecule has 6 nitrogen and oxygen atoms in total. The number of para-hydroxylation sites is 1. The molecular formula is C25H22ClN3O3. The largest absolute Gasteiger partial charge is 0.493 e. The summed E-state index contributed by atoms with van der Waals surface area (Å²) in [7, 11) is 3.15. The quantitative estimate of drug-likeness (QED) is 0.407. The monoisotopic (exact) mass is 447 g/mol. The van der Waals surface area contributed by atoms with E-state index < -0.39 is 0 Å². The van der Waals surface area contributed by atoms with Crippen LogP contribution in [-0.2, 0) is 0 Å². The summed E-state index contributed by atoms with van der Waals surface area (Å²) >= 11 is 6.12. The van der Waals surface area contributed by atoms with E-state index in [0.29, 0.717) is 27.8 Å². The number of nitrogens with zero attached hydrogens (tertiary/aromatic N) is 2. The Bertz CT molecular complexity index is 1270. The lowest BCUT2D eigenvalue weighted by atomic mass is 10.0. The van der Waals surface area contributed by atoms with E-state index in [1.165, 1.54) is 0 Å². The van der Waals surface area contributed by atoms with Gasteiger partial charge in [0.1, 0.15) is 0 Å². The average Bonchev–Trinajstić information content (AvgIpc) is 3.27. The number of rotatable bonds is 6. The van der Waals surface area contributed by atoms with Crippen molar-refractivity contribution in [2.24, 2.45) is 0 Å². The highest BCUT2D eigenvalue weighted by atomic mass is 35.5. The van der Waals surface area contributed by atoms with E-state index in [2.05, 4.69) is 10.4 Å². The Hall–Kier alpha value is -3.77. The van der Waals surface area contributed by atoms with Crippen LogP contribution in [0.1, 0.15) is 16.1 Å². The fourth-order valence-electron chi connectivity index (χ4n) is 3.38. The number of anilines is 1. The molecule has 0 fully saturated rings. The van der Waals surface area contributed by atoms with Crippen LogP contribution in [0.25, 0.3) is 16.8 Å². The van der Waals surface area contributed by atoms with Crippen LogP contribution in [0.2, 0.25) is 5.02 Å². The highest BCUT2D eigenvalue weighted by Gasteiger charge is 2.21. The zero-order valence-electron chi connectivity index (χ0n) is 17.9. The Morgan fingerprint density at radius 1 is 0.969 bits per heavy atom. The van der Waals surface area contributed by atoms with Crippen LogP contribution in [0.4, 0.5) is 5.69 Å². The number of carbonyl (C=O) groups is 1. The first-order valence-electron chi connectivity index (χ1n) is 9.95. The molecule has 162 valence electrons. The van der Waals surface area contributed by atoms with E-state index in [4.69, 9.17) is 21.1 Å². The fourth-order valence-corrected chi connectivity index (χ4v) is 3.55. The van der Waals surface area contributed by atoms with Crippen molar-refractivity contribution < 1.29 is 14.3 Å². The molecule has 4 aromatic rings. The van der Waals surface area contributed by atoms with Gasteiger partial charge >= 0.3 is 0 Å². The van der Waals surface area contributed by atoms with Crippen molar-refractivity contribution in [2.45, 2.75) is 6.92 Å². The number of halogens is 1. The molecule has 0 spiro atoms. The van der Waals surface area contributed by atoms with E-state index in [0.717, 1.165) is 16.8 Å². The molecule has 1 heterocycles. The van der Waals surface area contributed by atoms with Gasteiger partial charge in [-0.15, -0.1) is 0 Å². The summed E-state index contributed by atoms with van der Waals surface area (Å²) in [6.45, 7) is 1.91. The number of ether oxygens (including phenoxy) is 2. The highest BCUT2D eigenvalue weighted by Crippen LogP contribution is 2.34. The van der Waals surface area contributed by atoms with Crippen molar-refractivity contribution in [1.82, 2.24) is 9.78 Å². The number of hydrogen-bond donors (Lipinski definition) is 1. The predicted octanol–water partition coefficient (Wildman–Crippen LogP) is 5.77. The van der Waals surface area contributed by atoms with Gasteiger partial charge in [-0.05, 0) is 54.4 Å². The molecule has 0 bridgehead atoms. The number of carbonyl (C=O) groups excluding carboxylic acids is 1. The predicted molar refractivity (Wildman–Crippen MR) is 126 cm³/mol. The number of aromatic nitrogens is 2. The summed E-state index contributed by atoms with van der Waals surface area (Å²) in [5.74, 6) is 0.830. The number of amides is 1. The summed E-state index contributed by atoms with van der Waals surface area (Å²) < 4.78 is 12.5. The van der Waals surface area contributed by atoms with Crippen molar-refractivity contribution in [1.29, 1.82) is 0 Å². The molecular weight excluding hydrogens is 426 g/mol. The van der Waals surface area contributed by atoms with Crippen LogP contribution in [0, 0.1) is 6.92 Å². The maximum atomic E-state index is 13.3. The molecule has 0 aliphatic carbocycles. The van der Waals surface area contributed by atoms with Gasteiger partial charge in [0.15, 0.2) is 17.2 Å². The van der Waals surface area contributed by atoms with Gasteiger partial charge in [0, 0.05) is 22.5 Å². The zero-order chi connectivity index (χ0) is 22.7. The lowest BCUT2D eigenvalue weighted by molar-refractivity contribution is 0.102. The van der Waals surface area contributed by atoms with Crippen molar-refractivity contribution >= 4 is 23.2 Å². The number of nitrogens with one attached hydrogen (secondary N) is 1. The Labute approximate surface area is 191 Å². The first-order chi connectivity index (χ1) is 15.5. The summed E-state index contributed by atoms with van der Waals surface area (Å²) in [6.07, 6.45) is 1.83. The Morgan fingerprint density at radius 3 is 2.44 bits per heavy atom. The normalized spacial score (nSPS) is 10.6. The van der Waals surface area contributed by atoms with Crippen LogP contribution in [0.3, 0.4) is 0 Å². The molecule has 7 heteroatoms. The number of benzene rings is 3. The number of aryl methyl sites for hydroxylation is 1.